The summed E-state index contributed by atoms with van der Waals surface area (Å²) in [5.74, 6) is 1.26. The highest BCUT2D eigenvalue weighted by molar-refractivity contribution is 6.33. The molecule has 1 aromatic heterocycles. The van der Waals surface area contributed by atoms with Gasteiger partial charge in [0.25, 0.3) is 0 Å². The molecule has 1 fully saturated rings. The molecule has 2 atom stereocenters. The predicted molar refractivity (Wildman–Crippen MR) is 71.0 cm³/mol. The maximum absolute atomic E-state index is 6.23. The standard InChI is InChI=1S/C12H16Cl2N2O/c1-8-6-16(7-9(2)17-8)12-11(14)3-10(4-13)5-15-12/h3,5,8-9H,4,6-7H2,1-2H3. The number of rotatable bonds is 2. The van der Waals surface area contributed by atoms with Crippen LogP contribution in [0, 0.1) is 0 Å². The highest BCUT2D eigenvalue weighted by atomic mass is 35.5. The Morgan fingerprint density at radius 3 is 2.59 bits per heavy atom. The van der Waals surface area contributed by atoms with Gasteiger partial charge in [0.2, 0.25) is 0 Å². The van der Waals surface area contributed by atoms with Crippen molar-refractivity contribution in [3.8, 4) is 0 Å². The number of nitrogens with zero attached hydrogens (tertiary/aromatic N) is 2. The number of halogens is 2. The first kappa shape index (κ1) is 12.9. The Morgan fingerprint density at radius 1 is 1.41 bits per heavy atom. The Morgan fingerprint density at radius 2 is 2.06 bits per heavy atom. The van der Waals surface area contributed by atoms with E-state index in [-0.39, 0.29) is 12.2 Å². The Balaban J connectivity index is 2.21. The summed E-state index contributed by atoms with van der Waals surface area (Å²) in [7, 11) is 0. The topological polar surface area (TPSA) is 25.4 Å². The molecule has 0 N–H and O–H groups in total. The van der Waals surface area contributed by atoms with Crippen LogP contribution in [0.3, 0.4) is 0 Å². The van der Waals surface area contributed by atoms with Gasteiger partial charge in [-0.05, 0) is 25.5 Å². The van der Waals surface area contributed by atoms with Crippen LogP contribution >= 0.6 is 23.2 Å². The molecule has 2 unspecified atom stereocenters. The molecule has 1 aliphatic heterocycles. The second kappa shape index (κ2) is 5.42. The fourth-order valence-corrected chi connectivity index (χ4v) is 2.58. The zero-order chi connectivity index (χ0) is 12.4. The van der Waals surface area contributed by atoms with Gasteiger partial charge in [-0.1, -0.05) is 11.6 Å². The first-order chi connectivity index (χ1) is 8.10. The van der Waals surface area contributed by atoms with E-state index in [1.165, 1.54) is 0 Å². The summed E-state index contributed by atoms with van der Waals surface area (Å²) in [5, 5.41) is 0.657. The Bertz CT molecular complexity index is 390. The number of alkyl halides is 1. The third kappa shape index (κ3) is 3.03. The van der Waals surface area contributed by atoms with Crippen molar-refractivity contribution >= 4 is 29.0 Å². The molecule has 0 aromatic carbocycles. The van der Waals surface area contributed by atoms with Gasteiger partial charge in [-0.25, -0.2) is 4.98 Å². The van der Waals surface area contributed by atoms with Crippen molar-refractivity contribution in [3.63, 3.8) is 0 Å². The molecular formula is C12H16Cl2N2O. The van der Waals surface area contributed by atoms with E-state index in [9.17, 15) is 0 Å². The molecule has 3 nitrogen and oxygen atoms in total. The molecule has 0 spiro atoms. The lowest BCUT2D eigenvalue weighted by atomic mass is 10.2. The summed E-state index contributed by atoms with van der Waals surface area (Å²) in [6, 6.07) is 1.88. The van der Waals surface area contributed by atoms with E-state index in [4.69, 9.17) is 27.9 Å². The van der Waals surface area contributed by atoms with Crippen LogP contribution in [-0.4, -0.2) is 30.3 Å². The van der Waals surface area contributed by atoms with Gasteiger partial charge in [-0.3, -0.25) is 0 Å². The molecule has 0 bridgehead atoms. The minimum absolute atomic E-state index is 0.198. The average Bonchev–Trinajstić information content (AvgIpc) is 2.27. The first-order valence-electron chi connectivity index (χ1n) is 5.71. The fraction of sp³-hybridized carbons (Fsp3) is 0.583. The highest BCUT2D eigenvalue weighted by Gasteiger charge is 2.24. The lowest BCUT2D eigenvalue weighted by molar-refractivity contribution is -0.00545. The molecule has 0 aliphatic carbocycles. The molecule has 0 saturated carbocycles. The zero-order valence-electron chi connectivity index (χ0n) is 9.99. The summed E-state index contributed by atoms with van der Waals surface area (Å²) in [6.07, 6.45) is 2.17. The van der Waals surface area contributed by atoms with Crippen LogP contribution < -0.4 is 4.90 Å². The number of aromatic nitrogens is 1. The van der Waals surface area contributed by atoms with E-state index in [2.05, 4.69) is 23.7 Å². The van der Waals surface area contributed by atoms with E-state index in [1.807, 2.05) is 6.07 Å². The van der Waals surface area contributed by atoms with Crippen molar-refractivity contribution < 1.29 is 4.74 Å². The summed E-state index contributed by atoms with van der Waals surface area (Å²) in [6.45, 7) is 5.75. The molecule has 2 rings (SSSR count). The van der Waals surface area contributed by atoms with E-state index in [0.29, 0.717) is 10.9 Å². The van der Waals surface area contributed by atoms with Gasteiger partial charge in [-0.15, -0.1) is 11.6 Å². The SMILES string of the molecule is CC1CN(c2ncc(CCl)cc2Cl)CC(C)O1. The summed E-state index contributed by atoms with van der Waals surface area (Å²) < 4.78 is 5.69. The number of pyridine rings is 1. The molecule has 1 aromatic rings. The normalized spacial score (nSPS) is 25.1. The molecule has 2 heterocycles. The molecule has 5 heteroatoms. The lowest BCUT2D eigenvalue weighted by Crippen LogP contribution is -2.46. The van der Waals surface area contributed by atoms with E-state index < -0.39 is 0 Å². The average molecular weight is 275 g/mol. The second-order valence-electron chi connectivity index (χ2n) is 4.44. The van der Waals surface area contributed by atoms with Crippen molar-refractivity contribution in [3.05, 3.63) is 22.8 Å². The summed E-state index contributed by atoms with van der Waals surface area (Å²) in [5.41, 5.74) is 0.940. The molecule has 1 saturated heterocycles. The number of hydrogen-bond acceptors (Lipinski definition) is 3. The predicted octanol–water partition coefficient (Wildman–Crippen LogP) is 3.09. The smallest absolute Gasteiger partial charge is 0.147 e. The minimum atomic E-state index is 0.198. The zero-order valence-corrected chi connectivity index (χ0v) is 11.5. The number of morpholine rings is 1. The van der Waals surface area contributed by atoms with Crippen LogP contribution in [-0.2, 0) is 10.6 Å². The first-order valence-corrected chi connectivity index (χ1v) is 6.62. The second-order valence-corrected chi connectivity index (χ2v) is 5.12. The van der Waals surface area contributed by atoms with Crippen LogP contribution in [0.15, 0.2) is 12.3 Å². The monoisotopic (exact) mass is 274 g/mol. The Kier molecular flexibility index (Phi) is 4.13. The summed E-state index contributed by atoms with van der Waals surface area (Å²) >= 11 is 12.0. The Hall–Kier alpha value is -0.510. The molecule has 1 aliphatic rings. The third-order valence-electron chi connectivity index (χ3n) is 2.75. The largest absolute Gasteiger partial charge is 0.372 e. The number of anilines is 1. The van der Waals surface area contributed by atoms with E-state index >= 15 is 0 Å². The lowest BCUT2D eigenvalue weighted by Gasteiger charge is -2.36. The molecule has 0 amide bonds. The van der Waals surface area contributed by atoms with Gasteiger partial charge in [0.15, 0.2) is 0 Å². The van der Waals surface area contributed by atoms with Crippen molar-refractivity contribution in [1.82, 2.24) is 4.98 Å². The molecule has 0 radical (unpaired) electrons. The summed E-state index contributed by atoms with van der Waals surface area (Å²) in [4.78, 5) is 6.56. The maximum atomic E-state index is 6.23. The highest BCUT2D eigenvalue weighted by Crippen LogP contribution is 2.27. The fourth-order valence-electron chi connectivity index (χ4n) is 2.13. The van der Waals surface area contributed by atoms with Gasteiger partial charge in [0.1, 0.15) is 5.82 Å². The van der Waals surface area contributed by atoms with Crippen molar-refractivity contribution in [2.45, 2.75) is 31.9 Å². The molecular weight excluding hydrogens is 259 g/mol. The minimum Gasteiger partial charge on any atom is -0.372 e. The van der Waals surface area contributed by atoms with Crippen LogP contribution in [0.2, 0.25) is 5.02 Å². The van der Waals surface area contributed by atoms with E-state index in [1.54, 1.807) is 6.20 Å². The van der Waals surface area contributed by atoms with Gasteiger partial charge in [-0.2, -0.15) is 0 Å². The van der Waals surface area contributed by atoms with Gasteiger partial charge in [0.05, 0.1) is 17.2 Å². The molecule has 94 valence electrons. The van der Waals surface area contributed by atoms with Crippen molar-refractivity contribution in [2.24, 2.45) is 0 Å². The van der Waals surface area contributed by atoms with Gasteiger partial charge < -0.3 is 9.64 Å². The van der Waals surface area contributed by atoms with Gasteiger partial charge >= 0.3 is 0 Å². The van der Waals surface area contributed by atoms with Crippen LogP contribution in [0.5, 0.6) is 0 Å². The number of hydrogen-bond donors (Lipinski definition) is 0. The van der Waals surface area contributed by atoms with Crippen LogP contribution in [0.4, 0.5) is 5.82 Å². The number of ether oxygens (including phenoxy) is 1. The van der Waals surface area contributed by atoms with Crippen molar-refractivity contribution in [2.75, 3.05) is 18.0 Å². The van der Waals surface area contributed by atoms with Crippen molar-refractivity contribution in [1.29, 1.82) is 0 Å². The third-order valence-corrected chi connectivity index (χ3v) is 3.34. The maximum Gasteiger partial charge on any atom is 0.147 e. The quantitative estimate of drug-likeness (QED) is 0.775. The van der Waals surface area contributed by atoms with Gasteiger partial charge in [0, 0.05) is 25.2 Å². The molecule has 17 heavy (non-hydrogen) atoms. The van der Waals surface area contributed by atoms with E-state index in [0.717, 1.165) is 24.5 Å². The van der Waals surface area contributed by atoms with Crippen LogP contribution in [0.1, 0.15) is 19.4 Å². The Labute approximate surface area is 112 Å². The van der Waals surface area contributed by atoms with Crippen LogP contribution in [0.25, 0.3) is 0 Å².